The van der Waals surface area contributed by atoms with Crippen LogP contribution in [-0.4, -0.2) is 17.6 Å². The van der Waals surface area contributed by atoms with Crippen LogP contribution in [0.5, 0.6) is 0 Å². The molecule has 3 rings (SSSR count). The lowest BCUT2D eigenvalue weighted by atomic mass is 10.1. The first-order valence-electron chi connectivity index (χ1n) is 9.39. The Morgan fingerprint density at radius 3 is 2.44 bits per heavy atom. The Bertz CT molecular complexity index is 1150. The number of nitrogens with one attached hydrogen (secondary N) is 2. The lowest BCUT2D eigenvalue weighted by molar-refractivity contribution is -0.137. The van der Waals surface area contributed by atoms with Crippen LogP contribution in [0.3, 0.4) is 0 Å². The van der Waals surface area contributed by atoms with Crippen molar-refractivity contribution in [2.24, 2.45) is 0 Å². The van der Waals surface area contributed by atoms with E-state index in [4.69, 9.17) is 11.6 Å². The minimum absolute atomic E-state index is 0.0113. The zero-order valence-corrected chi connectivity index (χ0v) is 18.4. The zero-order valence-electron chi connectivity index (χ0n) is 16.8. The largest absolute Gasteiger partial charge is 0.416 e. The van der Waals surface area contributed by atoms with Gasteiger partial charge in [0, 0.05) is 16.1 Å². The lowest BCUT2D eigenvalue weighted by Crippen LogP contribution is -2.15. The van der Waals surface area contributed by atoms with E-state index < -0.39 is 17.6 Å². The smallest absolute Gasteiger partial charge is 0.324 e. The summed E-state index contributed by atoms with van der Waals surface area (Å²) in [5.74, 6) is -0.819. The Morgan fingerprint density at radius 2 is 1.72 bits per heavy atom. The Morgan fingerprint density at radius 1 is 0.969 bits per heavy atom. The maximum Gasteiger partial charge on any atom is 0.416 e. The number of hydrogen-bond acceptors (Lipinski definition) is 3. The molecule has 4 nitrogen and oxygen atoms in total. The number of benzene rings is 3. The van der Waals surface area contributed by atoms with Crippen LogP contribution in [0.2, 0.25) is 5.02 Å². The summed E-state index contributed by atoms with van der Waals surface area (Å²) in [7, 11) is 0. The molecule has 32 heavy (non-hydrogen) atoms. The molecule has 0 fully saturated rings. The van der Waals surface area contributed by atoms with Crippen LogP contribution in [0.1, 0.15) is 21.5 Å². The Hall–Kier alpha value is -2.97. The summed E-state index contributed by atoms with van der Waals surface area (Å²) in [5, 5.41) is 5.22. The fourth-order valence-corrected chi connectivity index (χ4v) is 3.71. The van der Waals surface area contributed by atoms with Crippen molar-refractivity contribution in [1.29, 1.82) is 0 Å². The molecular formula is C23H18ClF3N2O2S. The zero-order chi connectivity index (χ0) is 23.3. The summed E-state index contributed by atoms with van der Waals surface area (Å²) in [4.78, 5) is 25.3. The van der Waals surface area contributed by atoms with Crippen molar-refractivity contribution in [2.45, 2.75) is 18.0 Å². The van der Waals surface area contributed by atoms with Gasteiger partial charge in [0.05, 0.1) is 22.0 Å². The summed E-state index contributed by atoms with van der Waals surface area (Å²) in [6.45, 7) is 1.89. The van der Waals surface area contributed by atoms with Gasteiger partial charge in [-0.05, 0) is 55.5 Å². The van der Waals surface area contributed by atoms with Crippen molar-refractivity contribution in [2.75, 3.05) is 16.4 Å². The number of anilines is 2. The molecule has 9 heteroatoms. The monoisotopic (exact) mass is 478 g/mol. The Labute approximate surface area is 192 Å². The summed E-state index contributed by atoms with van der Waals surface area (Å²) in [6, 6.07) is 16.8. The van der Waals surface area contributed by atoms with Gasteiger partial charge in [-0.25, -0.2) is 0 Å². The number of halogens is 4. The van der Waals surface area contributed by atoms with Crippen molar-refractivity contribution in [3.05, 3.63) is 88.4 Å². The van der Waals surface area contributed by atoms with E-state index in [1.165, 1.54) is 11.8 Å². The number of thioether (sulfide) groups is 1. The summed E-state index contributed by atoms with van der Waals surface area (Å²) >= 11 is 7.08. The van der Waals surface area contributed by atoms with Gasteiger partial charge in [-0.1, -0.05) is 35.4 Å². The molecule has 3 aromatic carbocycles. The molecule has 2 amide bonds. The first kappa shape index (κ1) is 23.7. The molecule has 0 bridgehead atoms. The highest BCUT2D eigenvalue weighted by atomic mass is 35.5. The van der Waals surface area contributed by atoms with Crippen LogP contribution in [0.25, 0.3) is 0 Å². The molecule has 0 unspecified atom stereocenters. The molecule has 0 saturated heterocycles. The Balaban J connectivity index is 1.60. The second kappa shape index (κ2) is 10.1. The van der Waals surface area contributed by atoms with E-state index in [0.29, 0.717) is 16.1 Å². The van der Waals surface area contributed by atoms with Crippen LogP contribution in [-0.2, 0) is 11.0 Å². The third-order valence-corrected chi connectivity index (χ3v) is 5.63. The van der Waals surface area contributed by atoms with Crippen molar-refractivity contribution < 1.29 is 22.8 Å². The molecule has 0 radical (unpaired) electrons. The van der Waals surface area contributed by atoms with Crippen LogP contribution >= 0.6 is 23.4 Å². The highest BCUT2D eigenvalue weighted by Gasteiger charge is 2.31. The van der Waals surface area contributed by atoms with Gasteiger partial charge < -0.3 is 10.6 Å². The van der Waals surface area contributed by atoms with Crippen molar-refractivity contribution in [3.63, 3.8) is 0 Å². The minimum atomic E-state index is -4.54. The fraction of sp³-hybridized carbons (Fsp3) is 0.130. The third kappa shape index (κ3) is 6.51. The van der Waals surface area contributed by atoms with Gasteiger partial charge in [-0.15, -0.1) is 11.8 Å². The van der Waals surface area contributed by atoms with E-state index in [1.54, 1.807) is 42.5 Å². The topological polar surface area (TPSA) is 58.2 Å². The number of carbonyl (C=O) groups excluding carboxylic acids is 2. The third-order valence-electron chi connectivity index (χ3n) is 4.31. The predicted molar refractivity (Wildman–Crippen MR) is 121 cm³/mol. The molecular weight excluding hydrogens is 461 g/mol. The second-order valence-electron chi connectivity index (χ2n) is 6.88. The molecule has 0 aliphatic heterocycles. The summed E-state index contributed by atoms with van der Waals surface area (Å²) in [5.41, 5.74) is 1.05. The highest BCUT2D eigenvalue weighted by molar-refractivity contribution is 8.00. The molecule has 0 spiro atoms. The SMILES string of the molecule is Cc1cccc(C(=O)Nc2cccc(SCC(=O)Nc3cc(C(F)(F)F)ccc3Cl)c2)c1. The van der Waals surface area contributed by atoms with E-state index >= 15 is 0 Å². The predicted octanol–water partition coefficient (Wildman–Crippen LogP) is 6.65. The van der Waals surface area contributed by atoms with Gasteiger partial charge in [-0.3, -0.25) is 9.59 Å². The van der Waals surface area contributed by atoms with Crippen LogP contribution < -0.4 is 10.6 Å². The molecule has 0 atom stereocenters. The lowest BCUT2D eigenvalue weighted by Gasteiger charge is -2.12. The summed E-state index contributed by atoms with van der Waals surface area (Å²) in [6.07, 6.45) is -4.54. The second-order valence-corrected chi connectivity index (χ2v) is 8.34. The first-order valence-corrected chi connectivity index (χ1v) is 10.8. The number of rotatable bonds is 6. The molecule has 0 saturated carbocycles. The van der Waals surface area contributed by atoms with Gasteiger partial charge in [0.1, 0.15) is 0 Å². The fourth-order valence-electron chi connectivity index (χ4n) is 2.79. The quantitative estimate of drug-likeness (QED) is 0.390. The van der Waals surface area contributed by atoms with Crippen LogP contribution in [0, 0.1) is 6.92 Å². The number of aryl methyl sites for hydroxylation is 1. The minimum Gasteiger partial charge on any atom is -0.324 e. The van der Waals surface area contributed by atoms with E-state index in [0.717, 1.165) is 23.8 Å². The first-order chi connectivity index (χ1) is 15.1. The molecule has 0 aliphatic rings. The normalized spacial score (nSPS) is 11.2. The van der Waals surface area contributed by atoms with Gasteiger partial charge in [0.15, 0.2) is 0 Å². The van der Waals surface area contributed by atoms with Crippen molar-refractivity contribution in [3.8, 4) is 0 Å². The average molecular weight is 479 g/mol. The number of alkyl halides is 3. The highest BCUT2D eigenvalue weighted by Crippen LogP contribution is 2.34. The molecule has 0 aromatic heterocycles. The van der Waals surface area contributed by atoms with Gasteiger partial charge in [0.2, 0.25) is 5.91 Å². The maximum atomic E-state index is 12.9. The van der Waals surface area contributed by atoms with Crippen molar-refractivity contribution >= 4 is 46.6 Å². The van der Waals surface area contributed by atoms with Crippen LogP contribution in [0.15, 0.2) is 71.6 Å². The van der Waals surface area contributed by atoms with Crippen LogP contribution in [0.4, 0.5) is 24.5 Å². The van der Waals surface area contributed by atoms with E-state index in [-0.39, 0.29) is 22.4 Å². The number of hydrogen-bond donors (Lipinski definition) is 2. The molecule has 0 heterocycles. The molecule has 3 aromatic rings. The maximum absolute atomic E-state index is 12.9. The van der Waals surface area contributed by atoms with E-state index in [9.17, 15) is 22.8 Å². The number of amides is 2. The van der Waals surface area contributed by atoms with Crippen molar-refractivity contribution in [1.82, 2.24) is 0 Å². The average Bonchev–Trinajstić information content (AvgIpc) is 2.73. The molecule has 166 valence electrons. The standard InChI is InChI=1S/C23H18ClF3N2O2S/c1-14-4-2-5-15(10-14)22(31)28-17-6-3-7-18(12-17)32-13-21(30)29-20-11-16(23(25,26)27)8-9-19(20)24/h2-12H,13H2,1H3,(H,28,31)(H,29,30). The van der Waals surface area contributed by atoms with Gasteiger partial charge in [-0.2, -0.15) is 13.2 Å². The number of carbonyl (C=O) groups is 2. The molecule has 2 N–H and O–H groups in total. The Kier molecular flexibility index (Phi) is 7.48. The summed E-state index contributed by atoms with van der Waals surface area (Å²) < 4.78 is 38.6. The van der Waals surface area contributed by atoms with Gasteiger partial charge in [0.25, 0.3) is 5.91 Å². The van der Waals surface area contributed by atoms with Gasteiger partial charge >= 0.3 is 6.18 Å². The molecule has 0 aliphatic carbocycles. The van der Waals surface area contributed by atoms with E-state index in [1.807, 2.05) is 13.0 Å². The van der Waals surface area contributed by atoms with E-state index in [2.05, 4.69) is 10.6 Å².